The number of anilines is 1. The summed E-state index contributed by atoms with van der Waals surface area (Å²) in [5.41, 5.74) is 0.634. The van der Waals surface area contributed by atoms with Crippen LogP contribution in [-0.2, 0) is 10.1 Å². The first-order valence-electron chi connectivity index (χ1n) is 6.95. The molecule has 0 saturated heterocycles. The monoisotopic (exact) mass is 392 g/mol. The summed E-state index contributed by atoms with van der Waals surface area (Å²) in [4.78, 5) is 11.7. The van der Waals surface area contributed by atoms with Gasteiger partial charge in [-0.25, -0.2) is 4.79 Å². The van der Waals surface area contributed by atoms with Crippen LogP contribution in [0.5, 0.6) is 0 Å². The topological polar surface area (TPSA) is 95.5 Å². The Labute approximate surface area is 139 Å². The quantitative estimate of drug-likeness (QED) is 0.620. The van der Waals surface area contributed by atoms with E-state index in [1.807, 2.05) is 13.8 Å². The maximum Gasteiger partial charge on any atom is 0.319 e. The third-order valence-electron chi connectivity index (χ3n) is 3.01. The molecule has 0 aliphatic carbocycles. The first kappa shape index (κ1) is 18.9. The summed E-state index contributed by atoms with van der Waals surface area (Å²) in [6.45, 7) is 3.93. The minimum Gasteiger partial charge on any atom is -0.338 e. The molecular weight excluding hydrogens is 372 g/mol. The van der Waals surface area contributed by atoms with Crippen LogP contribution in [0.1, 0.15) is 26.7 Å². The van der Waals surface area contributed by atoms with Crippen molar-refractivity contribution in [3.63, 3.8) is 0 Å². The smallest absolute Gasteiger partial charge is 0.319 e. The minimum atomic E-state index is -4.10. The lowest BCUT2D eigenvalue weighted by molar-refractivity contribution is 0.251. The Bertz CT molecular complexity index is 587. The lowest BCUT2D eigenvalue weighted by Gasteiger charge is -2.16. The molecule has 1 atom stereocenters. The Morgan fingerprint density at radius 2 is 1.86 bits per heavy atom. The predicted octanol–water partition coefficient (Wildman–Crippen LogP) is 3.26. The molecule has 0 spiro atoms. The fourth-order valence-corrected chi connectivity index (χ4v) is 3.28. The largest absolute Gasteiger partial charge is 0.338 e. The number of nitrogens with one attached hydrogen (secondary N) is 2. The van der Waals surface area contributed by atoms with Gasteiger partial charge in [0.05, 0.1) is 5.25 Å². The van der Waals surface area contributed by atoms with Gasteiger partial charge in [-0.2, -0.15) is 8.42 Å². The number of hydrogen-bond donors (Lipinski definition) is 3. The molecule has 22 heavy (non-hydrogen) atoms. The van der Waals surface area contributed by atoms with Crippen LogP contribution in [0, 0.1) is 5.92 Å². The fourth-order valence-electron chi connectivity index (χ4n) is 1.97. The molecule has 1 unspecified atom stereocenters. The van der Waals surface area contributed by atoms with Crippen molar-refractivity contribution in [1.29, 1.82) is 0 Å². The van der Waals surface area contributed by atoms with Crippen molar-refractivity contribution in [2.75, 3.05) is 11.9 Å². The molecule has 1 aromatic carbocycles. The Morgan fingerprint density at radius 3 is 2.36 bits per heavy atom. The van der Waals surface area contributed by atoms with Gasteiger partial charge in [0.1, 0.15) is 0 Å². The molecule has 3 N–H and O–H groups in total. The molecule has 1 rings (SSSR count). The van der Waals surface area contributed by atoms with Gasteiger partial charge in [-0.15, -0.1) is 0 Å². The molecule has 1 aromatic rings. The van der Waals surface area contributed by atoms with E-state index in [9.17, 15) is 17.8 Å². The van der Waals surface area contributed by atoms with E-state index < -0.39 is 21.4 Å². The van der Waals surface area contributed by atoms with Gasteiger partial charge in [0.25, 0.3) is 10.1 Å². The van der Waals surface area contributed by atoms with Crippen LogP contribution in [0.4, 0.5) is 10.5 Å². The highest BCUT2D eigenvalue weighted by Crippen LogP contribution is 2.15. The maximum atomic E-state index is 11.7. The van der Waals surface area contributed by atoms with Crippen LogP contribution in [0.25, 0.3) is 0 Å². The zero-order valence-electron chi connectivity index (χ0n) is 12.5. The van der Waals surface area contributed by atoms with Crippen molar-refractivity contribution in [2.24, 2.45) is 5.92 Å². The predicted molar refractivity (Wildman–Crippen MR) is 90.6 cm³/mol. The zero-order chi connectivity index (χ0) is 16.8. The first-order valence-corrected chi connectivity index (χ1v) is 9.25. The molecule has 8 heteroatoms. The van der Waals surface area contributed by atoms with Crippen LogP contribution >= 0.6 is 15.9 Å². The molecule has 0 fully saturated rings. The van der Waals surface area contributed by atoms with E-state index in [4.69, 9.17) is 0 Å². The molecule has 2 amide bonds. The van der Waals surface area contributed by atoms with Gasteiger partial charge in [-0.05, 0) is 43.0 Å². The first-order chi connectivity index (χ1) is 10.2. The molecule has 0 aliphatic heterocycles. The standard InChI is InChI=1S/C14H21BrN2O4S/c1-10(2)9-13(22(19,20)21)7-8-16-14(18)17-12-5-3-11(15)4-6-12/h3-6,10,13H,7-9H2,1-2H3,(H2,16,17,18)(H,19,20,21). The van der Waals surface area contributed by atoms with E-state index in [1.165, 1.54) is 0 Å². The van der Waals surface area contributed by atoms with E-state index in [0.717, 1.165) is 4.47 Å². The summed E-state index contributed by atoms with van der Waals surface area (Å²) in [6, 6.07) is 6.66. The number of rotatable bonds is 7. The van der Waals surface area contributed by atoms with Gasteiger partial charge in [0.2, 0.25) is 0 Å². The number of carbonyl (C=O) groups excluding carboxylic acids is 1. The van der Waals surface area contributed by atoms with Gasteiger partial charge in [-0.3, -0.25) is 4.55 Å². The normalized spacial score (nSPS) is 13.0. The second kappa shape index (κ2) is 8.50. The highest BCUT2D eigenvalue weighted by molar-refractivity contribution is 9.10. The molecule has 124 valence electrons. The van der Waals surface area contributed by atoms with Crippen LogP contribution in [0.15, 0.2) is 28.7 Å². The minimum absolute atomic E-state index is 0.142. The van der Waals surface area contributed by atoms with Crippen molar-refractivity contribution in [3.05, 3.63) is 28.7 Å². The van der Waals surface area contributed by atoms with E-state index in [0.29, 0.717) is 12.1 Å². The van der Waals surface area contributed by atoms with E-state index in [2.05, 4.69) is 26.6 Å². The van der Waals surface area contributed by atoms with Gasteiger partial charge >= 0.3 is 6.03 Å². The molecule has 0 radical (unpaired) electrons. The fraction of sp³-hybridized carbons (Fsp3) is 0.500. The average molecular weight is 393 g/mol. The molecule has 0 aliphatic rings. The van der Waals surface area contributed by atoms with Crippen molar-refractivity contribution in [1.82, 2.24) is 5.32 Å². The number of urea groups is 1. The summed E-state index contributed by atoms with van der Waals surface area (Å²) < 4.78 is 32.7. The molecule has 0 bridgehead atoms. The van der Waals surface area contributed by atoms with Crippen LogP contribution in [0.3, 0.4) is 0 Å². The Hall–Kier alpha value is -1.12. The number of benzene rings is 1. The van der Waals surface area contributed by atoms with Crippen molar-refractivity contribution >= 4 is 37.8 Å². The highest BCUT2D eigenvalue weighted by Gasteiger charge is 2.23. The summed E-state index contributed by atoms with van der Waals surface area (Å²) in [7, 11) is -4.10. The van der Waals surface area contributed by atoms with Crippen LogP contribution in [-0.4, -0.2) is 30.8 Å². The van der Waals surface area contributed by atoms with Crippen molar-refractivity contribution in [3.8, 4) is 0 Å². The SMILES string of the molecule is CC(C)CC(CCNC(=O)Nc1ccc(Br)cc1)S(=O)(=O)O. The number of carbonyl (C=O) groups is 1. The Morgan fingerprint density at radius 1 is 1.27 bits per heavy atom. The molecule has 0 saturated carbocycles. The summed E-state index contributed by atoms with van der Waals surface area (Å²) in [5.74, 6) is 0.142. The molecule has 6 nitrogen and oxygen atoms in total. The van der Waals surface area contributed by atoms with Gasteiger partial charge in [0.15, 0.2) is 0 Å². The van der Waals surface area contributed by atoms with Crippen molar-refractivity contribution < 1.29 is 17.8 Å². The Kier molecular flexibility index (Phi) is 7.31. The number of amides is 2. The third-order valence-corrected chi connectivity index (χ3v) is 4.81. The van der Waals surface area contributed by atoms with Crippen LogP contribution < -0.4 is 10.6 Å². The van der Waals surface area contributed by atoms with E-state index in [1.54, 1.807) is 24.3 Å². The van der Waals surface area contributed by atoms with Gasteiger partial charge in [0, 0.05) is 16.7 Å². The zero-order valence-corrected chi connectivity index (χ0v) is 14.9. The summed E-state index contributed by atoms with van der Waals surface area (Å²) >= 11 is 3.30. The number of halogens is 1. The van der Waals surface area contributed by atoms with Crippen LogP contribution in [0.2, 0.25) is 0 Å². The van der Waals surface area contributed by atoms with Gasteiger partial charge < -0.3 is 10.6 Å². The second-order valence-electron chi connectivity index (χ2n) is 5.44. The molecular formula is C14H21BrN2O4S. The highest BCUT2D eigenvalue weighted by atomic mass is 79.9. The third kappa shape index (κ3) is 7.24. The molecule has 0 heterocycles. The molecule has 0 aromatic heterocycles. The maximum absolute atomic E-state index is 11.7. The average Bonchev–Trinajstić information content (AvgIpc) is 2.39. The van der Waals surface area contributed by atoms with Crippen molar-refractivity contribution in [2.45, 2.75) is 31.9 Å². The van der Waals surface area contributed by atoms with E-state index >= 15 is 0 Å². The Balaban J connectivity index is 2.44. The lowest BCUT2D eigenvalue weighted by atomic mass is 10.1. The van der Waals surface area contributed by atoms with E-state index in [-0.39, 0.29) is 18.9 Å². The van der Waals surface area contributed by atoms with Gasteiger partial charge in [-0.1, -0.05) is 29.8 Å². The lowest BCUT2D eigenvalue weighted by Crippen LogP contribution is -2.33. The second-order valence-corrected chi connectivity index (χ2v) is 8.06. The summed E-state index contributed by atoms with van der Waals surface area (Å²) in [6.07, 6.45) is 0.527. The summed E-state index contributed by atoms with van der Waals surface area (Å²) in [5, 5.41) is 4.36. The number of hydrogen-bond acceptors (Lipinski definition) is 3.